The summed E-state index contributed by atoms with van der Waals surface area (Å²) in [6.07, 6.45) is 3.38. The summed E-state index contributed by atoms with van der Waals surface area (Å²) >= 11 is 0. The molecule has 0 spiro atoms. The van der Waals surface area contributed by atoms with Crippen LogP contribution >= 0.6 is 0 Å². The molecule has 1 aliphatic rings. The third-order valence-electron chi connectivity index (χ3n) is 2.87. The maximum absolute atomic E-state index is 11.8. The first-order valence-corrected chi connectivity index (χ1v) is 7.64. The number of anilines is 1. The molecule has 0 unspecified atom stereocenters. The molecule has 1 amide bonds. The predicted octanol–water partition coefficient (Wildman–Crippen LogP) is 0.812. The number of rotatable bonds is 4. The Morgan fingerprint density at radius 1 is 1.39 bits per heavy atom. The maximum atomic E-state index is 11.8. The van der Waals surface area contributed by atoms with Crippen LogP contribution in [0.5, 0.6) is 0 Å². The third-order valence-corrected chi connectivity index (χ3v) is 3.96. The Morgan fingerprint density at radius 3 is 2.61 bits per heavy atom. The number of amides is 1. The van der Waals surface area contributed by atoms with Crippen molar-refractivity contribution in [3.05, 3.63) is 23.8 Å². The topological polar surface area (TPSA) is 89.3 Å². The molecule has 0 aliphatic heterocycles. The van der Waals surface area contributed by atoms with Crippen LogP contribution in [0.15, 0.2) is 23.1 Å². The second-order valence-electron chi connectivity index (χ2n) is 4.72. The first-order valence-electron chi connectivity index (χ1n) is 5.75. The Kier molecular flexibility index (Phi) is 3.30. The Hall–Kier alpha value is -1.56. The number of benzene rings is 1. The van der Waals surface area contributed by atoms with Gasteiger partial charge in [0.2, 0.25) is 0 Å². The molecule has 0 atom stereocenters. The van der Waals surface area contributed by atoms with Gasteiger partial charge in [0.05, 0.1) is 4.90 Å². The highest BCUT2D eigenvalue weighted by Crippen LogP contribution is 2.27. The van der Waals surface area contributed by atoms with Crippen LogP contribution < -0.4 is 11.1 Å². The van der Waals surface area contributed by atoms with Crippen LogP contribution in [-0.4, -0.2) is 27.1 Å². The molecule has 3 N–H and O–H groups in total. The number of sulfone groups is 1. The number of carbonyl (C=O) groups is 1. The van der Waals surface area contributed by atoms with Crippen molar-refractivity contribution >= 4 is 21.4 Å². The lowest BCUT2D eigenvalue weighted by Crippen LogP contribution is -2.25. The van der Waals surface area contributed by atoms with E-state index in [0.717, 1.165) is 19.1 Å². The molecule has 6 heteroatoms. The number of hydrogen-bond acceptors (Lipinski definition) is 4. The van der Waals surface area contributed by atoms with E-state index < -0.39 is 9.84 Å². The second kappa shape index (κ2) is 4.61. The van der Waals surface area contributed by atoms with Crippen molar-refractivity contribution in [3.8, 4) is 0 Å². The minimum Gasteiger partial charge on any atom is -0.399 e. The average molecular weight is 268 g/mol. The van der Waals surface area contributed by atoms with Crippen molar-refractivity contribution < 1.29 is 13.2 Å². The highest BCUT2D eigenvalue weighted by molar-refractivity contribution is 7.90. The molecule has 18 heavy (non-hydrogen) atoms. The summed E-state index contributed by atoms with van der Waals surface area (Å²) < 4.78 is 22.9. The molecule has 1 aromatic carbocycles. The summed E-state index contributed by atoms with van der Waals surface area (Å²) in [6.45, 7) is 0.641. The zero-order chi connectivity index (χ0) is 13.3. The fraction of sp³-hybridized carbons (Fsp3) is 0.417. The van der Waals surface area contributed by atoms with Gasteiger partial charge in [-0.3, -0.25) is 4.79 Å². The Labute approximate surface area is 106 Å². The van der Waals surface area contributed by atoms with Gasteiger partial charge in [-0.15, -0.1) is 0 Å². The predicted molar refractivity (Wildman–Crippen MR) is 69.0 cm³/mol. The summed E-state index contributed by atoms with van der Waals surface area (Å²) in [5.74, 6) is 0.295. The van der Waals surface area contributed by atoms with E-state index in [1.807, 2.05) is 0 Å². The molecule has 1 aromatic rings. The standard InChI is InChI=1S/C12H16N2O3S/c1-18(16,17)11-5-9(4-10(13)6-11)12(15)14-7-8-2-3-8/h4-6,8H,2-3,7,13H2,1H3,(H,14,15). The zero-order valence-electron chi connectivity index (χ0n) is 10.1. The lowest BCUT2D eigenvalue weighted by Gasteiger charge is -2.07. The van der Waals surface area contributed by atoms with Crippen molar-refractivity contribution in [3.63, 3.8) is 0 Å². The molecule has 0 heterocycles. The van der Waals surface area contributed by atoms with Crippen LogP contribution in [0.1, 0.15) is 23.2 Å². The number of nitrogen functional groups attached to an aromatic ring is 1. The monoisotopic (exact) mass is 268 g/mol. The summed E-state index contributed by atoms with van der Waals surface area (Å²) in [6, 6.07) is 4.19. The van der Waals surface area contributed by atoms with Gasteiger partial charge in [-0.05, 0) is 37.0 Å². The molecule has 1 fully saturated rings. The van der Waals surface area contributed by atoms with Crippen LogP contribution in [-0.2, 0) is 9.84 Å². The molecule has 0 bridgehead atoms. The van der Waals surface area contributed by atoms with E-state index in [2.05, 4.69) is 5.32 Å². The maximum Gasteiger partial charge on any atom is 0.251 e. The van der Waals surface area contributed by atoms with Crippen molar-refractivity contribution in [2.75, 3.05) is 18.5 Å². The van der Waals surface area contributed by atoms with Crippen LogP contribution in [0.3, 0.4) is 0 Å². The Balaban J connectivity index is 2.21. The minimum absolute atomic E-state index is 0.0686. The Bertz CT molecular complexity index is 577. The summed E-state index contributed by atoms with van der Waals surface area (Å²) in [4.78, 5) is 11.9. The van der Waals surface area contributed by atoms with Crippen LogP contribution in [0.25, 0.3) is 0 Å². The first-order chi connectivity index (χ1) is 8.36. The molecule has 98 valence electrons. The first kappa shape index (κ1) is 12.9. The van der Waals surface area contributed by atoms with Gasteiger partial charge in [0, 0.05) is 24.1 Å². The molecule has 0 saturated heterocycles. The van der Waals surface area contributed by atoms with Crippen LogP contribution in [0.2, 0.25) is 0 Å². The third kappa shape index (κ3) is 3.22. The highest BCUT2D eigenvalue weighted by Gasteiger charge is 2.22. The highest BCUT2D eigenvalue weighted by atomic mass is 32.2. The van der Waals surface area contributed by atoms with E-state index in [0.29, 0.717) is 12.5 Å². The summed E-state index contributed by atoms with van der Waals surface area (Å²) in [7, 11) is -3.36. The molecular formula is C12H16N2O3S. The van der Waals surface area contributed by atoms with Crippen molar-refractivity contribution in [2.45, 2.75) is 17.7 Å². The van der Waals surface area contributed by atoms with E-state index in [-0.39, 0.29) is 22.1 Å². The summed E-state index contributed by atoms with van der Waals surface area (Å²) in [5.41, 5.74) is 6.18. The normalized spacial score (nSPS) is 15.4. The van der Waals surface area contributed by atoms with Gasteiger partial charge in [0.1, 0.15) is 0 Å². The molecule has 1 aliphatic carbocycles. The van der Waals surface area contributed by atoms with Gasteiger partial charge >= 0.3 is 0 Å². The lowest BCUT2D eigenvalue weighted by molar-refractivity contribution is 0.0951. The van der Waals surface area contributed by atoms with Crippen molar-refractivity contribution in [2.24, 2.45) is 5.92 Å². The zero-order valence-corrected chi connectivity index (χ0v) is 11.0. The second-order valence-corrected chi connectivity index (χ2v) is 6.73. The Morgan fingerprint density at radius 2 is 2.06 bits per heavy atom. The molecule has 5 nitrogen and oxygen atoms in total. The number of hydrogen-bond donors (Lipinski definition) is 2. The number of carbonyl (C=O) groups excluding carboxylic acids is 1. The van der Waals surface area contributed by atoms with Gasteiger partial charge in [-0.2, -0.15) is 0 Å². The van der Waals surface area contributed by atoms with Crippen molar-refractivity contribution in [1.82, 2.24) is 5.32 Å². The fourth-order valence-corrected chi connectivity index (χ4v) is 2.32. The van der Waals surface area contributed by atoms with E-state index in [1.165, 1.54) is 18.2 Å². The van der Waals surface area contributed by atoms with Crippen LogP contribution in [0, 0.1) is 5.92 Å². The van der Waals surface area contributed by atoms with Gasteiger partial charge in [-0.1, -0.05) is 0 Å². The largest absolute Gasteiger partial charge is 0.399 e. The molecule has 1 saturated carbocycles. The lowest BCUT2D eigenvalue weighted by atomic mass is 10.2. The molecule has 2 rings (SSSR count). The smallest absolute Gasteiger partial charge is 0.251 e. The number of nitrogens with one attached hydrogen (secondary N) is 1. The SMILES string of the molecule is CS(=O)(=O)c1cc(N)cc(C(=O)NCC2CC2)c1. The fourth-order valence-electron chi connectivity index (χ4n) is 1.63. The number of nitrogens with two attached hydrogens (primary N) is 1. The van der Waals surface area contributed by atoms with Crippen LogP contribution in [0.4, 0.5) is 5.69 Å². The van der Waals surface area contributed by atoms with Gasteiger partial charge < -0.3 is 11.1 Å². The molecule has 0 aromatic heterocycles. The van der Waals surface area contributed by atoms with Crippen molar-refractivity contribution in [1.29, 1.82) is 0 Å². The van der Waals surface area contributed by atoms with E-state index in [9.17, 15) is 13.2 Å². The quantitative estimate of drug-likeness (QED) is 0.791. The van der Waals surface area contributed by atoms with E-state index in [1.54, 1.807) is 0 Å². The average Bonchev–Trinajstić information content (AvgIpc) is 3.07. The van der Waals surface area contributed by atoms with Gasteiger partial charge in [0.15, 0.2) is 9.84 Å². The molecule has 0 radical (unpaired) electrons. The van der Waals surface area contributed by atoms with Gasteiger partial charge in [-0.25, -0.2) is 8.42 Å². The van der Waals surface area contributed by atoms with Gasteiger partial charge in [0.25, 0.3) is 5.91 Å². The minimum atomic E-state index is -3.36. The van der Waals surface area contributed by atoms with E-state index >= 15 is 0 Å². The molecular weight excluding hydrogens is 252 g/mol. The summed E-state index contributed by atoms with van der Waals surface area (Å²) in [5, 5.41) is 2.78. The van der Waals surface area contributed by atoms with E-state index in [4.69, 9.17) is 5.73 Å².